The van der Waals surface area contributed by atoms with Crippen LogP contribution in [-0.4, -0.2) is 21.0 Å². The molecule has 0 aliphatic carbocycles. The van der Waals surface area contributed by atoms with E-state index in [4.69, 9.17) is 5.11 Å². The van der Waals surface area contributed by atoms with Crippen LogP contribution in [0.15, 0.2) is 18.2 Å². The summed E-state index contributed by atoms with van der Waals surface area (Å²) < 4.78 is 0. The first-order valence-corrected chi connectivity index (χ1v) is 4.42. The van der Waals surface area contributed by atoms with Gasteiger partial charge >= 0.3 is 5.97 Å². The molecule has 0 aliphatic rings. The van der Waals surface area contributed by atoms with Gasteiger partial charge in [-0.15, -0.1) is 0 Å². The van der Waals surface area contributed by atoms with Gasteiger partial charge in [0.25, 0.3) is 0 Å². The maximum Gasteiger partial charge on any atom is 0.352 e. The van der Waals surface area contributed by atoms with Gasteiger partial charge in [0.1, 0.15) is 5.69 Å². The Balaban J connectivity index is 2.60. The summed E-state index contributed by atoms with van der Waals surface area (Å²) in [5.74, 6) is -0.957. The summed E-state index contributed by atoms with van der Waals surface area (Å²) in [7, 11) is 0. The van der Waals surface area contributed by atoms with Crippen LogP contribution in [0.3, 0.4) is 0 Å². The molecule has 0 aliphatic heterocycles. The lowest BCUT2D eigenvalue weighted by Gasteiger charge is -1.93. The van der Waals surface area contributed by atoms with E-state index in [-0.39, 0.29) is 5.69 Å². The van der Waals surface area contributed by atoms with Crippen molar-refractivity contribution >= 4 is 17.0 Å². The molecule has 2 N–H and O–H groups in total. The third-order valence-corrected chi connectivity index (χ3v) is 2.13. The van der Waals surface area contributed by atoms with Gasteiger partial charge in [-0.05, 0) is 24.6 Å². The molecule has 2 rings (SSSR count). The first kappa shape index (κ1) is 8.74. The number of nitrogens with one attached hydrogen (secondary N) is 1. The molecule has 72 valence electrons. The van der Waals surface area contributed by atoms with E-state index >= 15 is 0 Å². The topological polar surface area (TPSA) is 66.0 Å². The SMILES string of the molecule is CCc1ccc2[nH]c(C(=O)O)cc2n1. The molecule has 4 nitrogen and oxygen atoms in total. The van der Waals surface area contributed by atoms with Crippen LogP contribution in [0.25, 0.3) is 11.0 Å². The highest BCUT2D eigenvalue weighted by molar-refractivity contribution is 5.92. The fraction of sp³-hybridized carbons (Fsp3) is 0.200. The lowest BCUT2D eigenvalue weighted by Crippen LogP contribution is -1.94. The number of carboxylic acids is 1. The van der Waals surface area contributed by atoms with Crippen LogP contribution in [0, 0.1) is 0 Å². The first-order chi connectivity index (χ1) is 6.70. The maximum absolute atomic E-state index is 10.7. The number of hydrogen-bond donors (Lipinski definition) is 2. The molecule has 0 aromatic carbocycles. The zero-order chi connectivity index (χ0) is 10.1. The van der Waals surface area contributed by atoms with Crippen molar-refractivity contribution in [1.29, 1.82) is 0 Å². The molecule has 4 heteroatoms. The van der Waals surface area contributed by atoms with Crippen LogP contribution in [-0.2, 0) is 6.42 Å². The van der Waals surface area contributed by atoms with E-state index in [0.29, 0.717) is 5.52 Å². The van der Waals surface area contributed by atoms with Gasteiger partial charge in [0.05, 0.1) is 11.0 Å². The number of rotatable bonds is 2. The van der Waals surface area contributed by atoms with Gasteiger partial charge in [-0.2, -0.15) is 0 Å². The summed E-state index contributed by atoms with van der Waals surface area (Å²) in [6.07, 6.45) is 0.851. The molecule has 2 aromatic heterocycles. The second-order valence-electron chi connectivity index (χ2n) is 3.08. The fourth-order valence-corrected chi connectivity index (χ4v) is 1.36. The number of aromatic carboxylic acids is 1. The minimum Gasteiger partial charge on any atom is -0.477 e. The smallest absolute Gasteiger partial charge is 0.352 e. The normalized spacial score (nSPS) is 10.6. The molecule has 2 aromatic rings. The van der Waals surface area contributed by atoms with E-state index in [9.17, 15) is 4.79 Å². The predicted octanol–water partition coefficient (Wildman–Crippen LogP) is 1.82. The number of carbonyl (C=O) groups is 1. The van der Waals surface area contributed by atoms with Crippen LogP contribution < -0.4 is 0 Å². The number of carboxylic acid groups (broad SMARTS) is 1. The summed E-state index contributed by atoms with van der Waals surface area (Å²) in [5, 5.41) is 8.75. The van der Waals surface area contributed by atoms with Gasteiger partial charge in [0.15, 0.2) is 0 Å². The lowest BCUT2D eigenvalue weighted by molar-refractivity contribution is 0.0691. The van der Waals surface area contributed by atoms with E-state index in [1.54, 1.807) is 6.07 Å². The number of fused-ring (bicyclic) bond motifs is 1. The molecule has 0 saturated carbocycles. The third kappa shape index (κ3) is 1.35. The van der Waals surface area contributed by atoms with Crippen molar-refractivity contribution in [3.05, 3.63) is 29.6 Å². The molecule has 0 unspecified atom stereocenters. The minimum atomic E-state index is -0.957. The molecule has 0 bridgehead atoms. The van der Waals surface area contributed by atoms with Crippen LogP contribution in [0.2, 0.25) is 0 Å². The second kappa shape index (κ2) is 3.14. The van der Waals surface area contributed by atoms with Crippen molar-refractivity contribution in [2.75, 3.05) is 0 Å². The average Bonchev–Trinajstić information content (AvgIpc) is 2.59. The molecule has 14 heavy (non-hydrogen) atoms. The molecule has 2 heterocycles. The van der Waals surface area contributed by atoms with Gasteiger partial charge in [-0.1, -0.05) is 6.92 Å². The van der Waals surface area contributed by atoms with Crippen molar-refractivity contribution in [3.63, 3.8) is 0 Å². The Bertz CT molecular complexity index is 488. The Morgan fingerprint density at radius 3 is 3.00 bits per heavy atom. The number of aryl methyl sites for hydroxylation is 1. The average molecular weight is 190 g/mol. The van der Waals surface area contributed by atoms with E-state index in [2.05, 4.69) is 9.97 Å². The van der Waals surface area contributed by atoms with Crippen LogP contribution in [0.5, 0.6) is 0 Å². The number of hydrogen-bond acceptors (Lipinski definition) is 2. The predicted molar refractivity (Wildman–Crippen MR) is 52.4 cm³/mol. The third-order valence-electron chi connectivity index (χ3n) is 2.13. The quantitative estimate of drug-likeness (QED) is 0.759. The molecular formula is C10H10N2O2. The Hall–Kier alpha value is -1.84. The summed E-state index contributed by atoms with van der Waals surface area (Å²) >= 11 is 0. The molecular weight excluding hydrogens is 180 g/mol. The molecule has 0 amide bonds. The summed E-state index contributed by atoms with van der Waals surface area (Å²) in [5.41, 5.74) is 2.62. The second-order valence-corrected chi connectivity index (χ2v) is 3.08. The Morgan fingerprint density at radius 1 is 1.57 bits per heavy atom. The molecule has 0 radical (unpaired) electrons. The van der Waals surface area contributed by atoms with Gasteiger partial charge in [0, 0.05) is 5.69 Å². The summed E-state index contributed by atoms with van der Waals surface area (Å²) in [6, 6.07) is 5.30. The number of nitrogens with zero attached hydrogens (tertiary/aromatic N) is 1. The number of aromatic amines is 1. The van der Waals surface area contributed by atoms with Crippen LogP contribution in [0.1, 0.15) is 23.1 Å². The highest BCUT2D eigenvalue weighted by Gasteiger charge is 2.07. The molecule has 0 saturated heterocycles. The highest BCUT2D eigenvalue weighted by Crippen LogP contribution is 2.13. The van der Waals surface area contributed by atoms with Gasteiger partial charge in [-0.3, -0.25) is 4.98 Å². The Morgan fingerprint density at radius 2 is 2.36 bits per heavy atom. The van der Waals surface area contributed by atoms with E-state index in [0.717, 1.165) is 17.6 Å². The largest absolute Gasteiger partial charge is 0.477 e. The lowest BCUT2D eigenvalue weighted by atomic mass is 10.2. The van der Waals surface area contributed by atoms with Gasteiger partial charge in [-0.25, -0.2) is 4.79 Å². The summed E-state index contributed by atoms with van der Waals surface area (Å²) in [4.78, 5) is 17.8. The summed E-state index contributed by atoms with van der Waals surface area (Å²) in [6.45, 7) is 2.01. The number of aromatic nitrogens is 2. The highest BCUT2D eigenvalue weighted by atomic mass is 16.4. The fourth-order valence-electron chi connectivity index (χ4n) is 1.36. The zero-order valence-electron chi connectivity index (χ0n) is 7.74. The van der Waals surface area contributed by atoms with Crippen molar-refractivity contribution in [2.24, 2.45) is 0 Å². The van der Waals surface area contributed by atoms with E-state index in [1.165, 1.54) is 0 Å². The Kier molecular flexibility index (Phi) is 1.96. The van der Waals surface area contributed by atoms with E-state index in [1.807, 2.05) is 19.1 Å². The first-order valence-electron chi connectivity index (χ1n) is 4.42. The monoisotopic (exact) mass is 190 g/mol. The van der Waals surface area contributed by atoms with Crippen LogP contribution in [0.4, 0.5) is 0 Å². The zero-order valence-corrected chi connectivity index (χ0v) is 7.74. The number of H-pyrrole nitrogens is 1. The molecule has 0 atom stereocenters. The van der Waals surface area contributed by atoms with Crippen molar-refractivity contribution in [1.82, 2.24) is 9.97 Å². The van der Waals surface area contributed by atoms with Gasteiger partial charge < -0.3 is 10.1 Å². The molecule has 0 spiro atoms. The van der Waals surface area contributed by atoms with Crippen molar-refractivity contribution < 1.29 is 9.90 Å². The standard InChI is InChI=1S/C10H10N2O2/c1-2-6-3-4-7-8(11-6)5-9(12-7)10(13)14/h3-5,12H,2H2,1H3,(H,13,14). The van der Waals surface area contributed by atoms with Crippen LogP contribution >= 0.6 is 0 Å². The minimum absolute atomic E-state index is 0.181. The van der Waals surface area contributed by atoms with Crippen molar-refractivity contribution in [3.8, 4) is 0 Å². The Labute approximate surface area is 80.6 Å². The van der Waals surface area contributed by atoms with Gasteiger partial charge in [0.2, 0.25) is 0 Å². The van der Waals surface area contributed by atoms with E-state index < -0.39 is 5.97 Å². The number of pyridine rings is 1. The maximum atomic E-state index is 10.7. The van der Waals surface area contributed by atoms with Crippen molar-refractivity contribution in [2.45, 2.75) is 13.3 Å². The molecule has 0 fully saturated rings.